The van der Waals surface area contributed by atoms with Crippen molar-refractivity contribution in [3.05, 3.63) is 71.8 Å². The number of piperazine rings is 1. The molecule has 1 saturated heterocycles. The lowest BCUT2D eigenvalue weighted by Gasteiger charge is -2.35. The van der Waals surface area contributed by atoms with Gasteiger partial charge in [0.25, 0.3) is 5.91 Å². The predicted octanol–water partition coefficient (Wildman–Crippen LogP) is 3.07. The van der Waals surface area contributed by atoms with Crippen LogP contribution in [0.4, 0.5) is 17.3 Å². The van der Waals surface area contributed by atoms with Gasteiger partial charge in [-0.1, -0.05) is 12.1 Å². The third-order valence-corrected chi connectivity index (χ3v) is 5.32. The van der Waals surface area contributed by atoms with Crippen molar-refractivity contribution in [3.63, 3.8) is 0 Å². The summed E-state index contributed by atoms with van der Waals surface area (Å²) >= 11 is 0. The van der Waals surface area contributed by atoms with Crippen LogP contribution in [0.3, 0.4) is 0 Å². The van der Waals surface area contributed by atoms with Crippen molar-refractivity contribution in [1.82, 2.24) is 15.0 Å². The van der Waals surface area contributed by atoms with Crippen LogP contribution < -0.4 is 15.1 Å². The Hall–Kier alpha value is -3.48. The molecule has 3 heterocycles. The average molecular weight is 388 g/mol. The molecule has 7 heteroatoms. The van der Waals surface area contributed by atoms with Crippen LogP contribution in [-0.2, 0) is 0 Å². The topological polar surface area (TPSA) is 74.2 Å². The maximum absolute atomic E-state index is 12.8. The van der Waals surface area contributed by atoms with Crippen LogP contribution in [-0.4, -0.2) is 47.0 Å². The van der Waals surface area contributed by atoms with Crippen LogP contribution in [0.1, 0.15) is 21.5 Å². The highest BCUT2D eigenvalue weighted by Gasteiger charge is 2.20. The van der Waals surface area contributed by atoms with Crippen LogP contribution in [0.25, 0.3) is 0 Å². The number of hydrogen-bond acceptors (Lipinski definition) is 6. The van der Waals surface area contributed by atoms with E-state index in [0.717, 1.165) is 54.6 Å². The van der Waals surface area contributed by atoms with Crippen molar-refractivity contribution >= 4 is 23.2 Å². The molecule has 0 aliphatic carbocycles. The standard InChI is InChI=1S/C22H24N6O/c1-16-5-3-6-20(17(16)2)26-21(29)18-13-19(15-23-14-18)27-9-11-28(12-10-27)22-24-7-4-8-25-22/h3-8,13-15H,9-12H2,1-2H3,(H,26,29). The molecule has 0 unspecified atom stereocenters. The number of amides is 1. The van der Waals surface area contributed by atoms with Gasteiger partial charge in [0.05, 0.1) is 17.4 Å². The van der Waals surface area contributed by atoms with Crippen LogP contribution in [0.15, 0.2) is 55.1 Å². The molecule has 0 radical (unpaired) electrons. The summed E-state index contributed by atoms with van der Waals surface area (Å²) < 4.78 is 0. The fraction of sp³-hybridized carbons (Fsp3) is 0.273. The normalized spacial score (nSPS) is 14.0. The van der Waals surface area contributed by atoms with Gasteiger partial charge in [-0.25, -0.2) is 9.97 Å². The first-order chi connectivity index (χ1) is 14.1. The third kappa shape index (κ3) is 4.18. The minimum absolute atomic E-state index is 0.149. The zero-order valence-corrected chi connectivity index (χ0v) is 16.7. The predicted molar refractivity (Wildman–Crippen MR) is 115 cm³/mol. The highest BCUT2D eigenvalue weighted by atomic mass is 16.1. The van der Waals surface area contributed by atoms with E-state index >= 15 is 0 Å². The SMILES string of the molecule is Cc1cccc(NC(=O)c2cncc(N3CCN(c4ncccn4)CC3)c2)c1C. The summed E-state index contributed by atoms with van der Waals surface area (Å²) in [6, 6.07) is 9.63. The molecule has 1 fully saturated rings. The highest BCUT2D eigenvalue weighted by molar-refractivity contribution is 6.05. The Balaban J connectivity index is 1.44. The number of carbonyl (C=O) groups is 1. The lowest BCUT2D eigenvalue weighted by Crippen LogP contribution is -2.47. The van der Waals surface area contributed by atoms with E-state index in [1.165, 1.54) is 0 Å². The Morgan fingerprint density at radius 2 is 1.69 bits per heavy atom. The van der Waals surface area contributed by atoms with E-state index in [1.807, 2.05) is 50.4 Å². The van der Waals surface area contributed by atoms with E-state index in [0.29, 0.717) is 5.56 Å². The second-order valence-corrected chi connectivity index (χ2v) is 7.16. The molecule has 1 aromatic carbocycles. The van der Waals surface area contributed by atoms with Crippen molar-refractivity contribution < 1.29 is 4.79 Å². The molecule has 0 saturated carbocycles. The second kappa shape index (κ2) is 8.26. The number of hydrogen-bond donors (Lipinski definition) is 1. The van der Waals surface area contributed by atoms with Gasteiger partial charge in [0.15, 0.2) is 0 Å². The average Bonchev–Trinajstić information content (AvgIpc) is 2.78. The van der Waals surface area contributed by atoms with Crippen molar-refractivity contribution in [2.75, 3.05) is 41.3 Å². The first kappa shape index (κ1) is 18.9. The Labute approximate surface area is 170 Å². The lowest BCUT2D eigenvalue weighted by molar-refractivity contribution is 0.102. The van der Waals surface area contributed by atoms with Crippen LogP contribution in [0.5, 0.6) is 0 Å². The summed E-state index contributed by atoms with van der Waals surface area (Å²) in [5.74, 6) is 0.608. The van der Waals surface area contributed by atoms with Gasteiger partial charge in [0.2, 0.25) is 5.95 Å². The molecular formula is C22H24N6O. The monoisotopic (exact) mass is 388 g/mol. The van der Waals surface area contributed by atoms with Gasteiger partial charge in [-0.15, -0.1) is 0 Å². The van der Waals surface area contributed by atoms with E-state index in [2.05, 4.69) is 30.1 Å². The molecule has 2 aromatic heterocycles. The summed E-state index contributed by atoms with van der Waals surface area (Å²) in [6.07, 6.45) is 6.94. The maximum atomic E-state index is 12.8. The third-order valence-electron chi connectivity index (χ3n) is 5.32. The second-order valence-electron chi connectivity index (χ2n) is 7.16. The molecule has 0 spiro atoms. The summed E-state index contributed by atoms with van der Waals surface area (Å²) in [7, 11) is 0. The van der Waals surface area contributed by atoms with Gasteiger partial charge in [-0.2, -0.15) is 0 Å². The Bertz CT molecular complexity index is 999. The molecule has 1 amide bonds. The van der Waals surface area contributed by atoms with E-state index in [-0.39, 0.29) is 5.91 Å². The Morgan fingerprint density at radius 1 is 0.966 bits per heavy atom. The van der Waals surface area contributed by atoms with Crippen LogP contribution in [0, 0.1) is 13.8 Å². The quantitative estimate of drug-likeness (QED) is 0.740. The van der Waals surface area contributed by atoms with E-state index in [9.17, 15) is 4.79 Å². The number of anilines is 3. The molecule has 4 rings (SSSR count). The Morgan fingerprint density at radius 3 is 2.45 bits per heavy atom. The van der Waals surface area contributed by atoms with E-state index in [4.69, 9.17) is 0 Å². The fourth-order valence-corrected chi connectivity index (χ4v) is 3.43. The molecule has 7 nitrogen and oxygen atoms in total. The van der Waals surface area contributed by atoms with E-state index < -0.39 is 0 Å². The molecular weight excluding hydrogens is 364 g/mol. The maximum Gasteiger partial charge on any atom is 0.257 e. The van der Waals surface area contributed by atoms with Gasteiger partial charge in [-0.3, -0.25) is 9.78 Å². The van der Waals surface area contributed by atoms with Crippen molar-refractivity contribution in [1.29, 1.82) is 0 Å². The molecule has 1 aliphatic heterocycles. The van der Waals surface area contributed by atoms with Crippen molar-refractivity contribution in [2.24, 2.45) is 0 Å². The van der Waals surface area contributed by atoms with E-state index in [1.54, 1.807) is 18.6 Å². The largest absolute Gasteiger partial charge is 0.367 e. The number of benzene rings is 1. The fourth-order valence-electron chi connectivity index (χ4n) is 3.43. The number of nitrogens with one attached hydrogen (secondary N) is 1. The first-order valence-corrected chi connectivity index (χ1v) is 9.71. The highest BCUT2D eigenvalue weighted by Crippen LogP contribution is 2.21. The minimum atomic E-state index is -0.149. The molecule has 29 heavy (non-hydrogen) atoms. The van der Waals surface area contributed by atoms with Gasteiger partial charge in [-0.05, 0) is 43.2 Å². The van der Waals surface area contributed by atoms with Gasteiger partial charge < -0.3 is 15.1 Å². The van der Waals surface area contributed by atoms with Gasteiger partial charge in [0.1, 0.15) is 0 Å². The zero-order chi connectivity index (χ0) is 20.2. The smallest absolute Gasteiger partial charge is 0.257 e. The molecule has 3 aromatic rings. The number of rotatable bonds is 4. The minimum Gasteiger partial charge on any atom is -0.367 e. The number of nitrogens with zero attached hydrogens (tertiary/aromatic N) is 5. The van der Waals surface area contributed by atoms with Gasteiger partial charge >= 0.3 is 0 Å². The molecule has 148 valence electrons. The number of pyridine rings is 1. The summed E-state index contributed by atoms with van der Waals surface area (Å²) in [6.45, 7) is 7.33. The lowest BCUT2D eigenvalue weighted by atomic mass is 10.1. The summed E-state index contributed by atoms with van der Waals surface area (Å²) in [4.78, 5) is 30.1. The molecule has 1 aliphatic rings. The molecule has 0 atom stereocenters. The van der Waals surface area contributed by atoms with Crippen LogP contribution >= 0.6 is 0 Å². The Kier molecular flexibility index (Phi) is 5.37. The van der Waals surface area contributed by atoms with Crippen molar-refractivity contribution in [2.45, 2.75) is 13.8 Å². The number of aromatic nitrogens is 3. The van der Waals surface area contributed by atoms with Gasteiger partial charge in [0, 0.05) is 50.5 Å². The number of carbonyl (C=O) groups excluding carboxylic acids is 1. The van der Waals surface area contributed by atoms with Crippen LogP contribution in [0.2, 0.25) is 0 Å². The number of aryl methyl sites for hydroxylation is 1. The summed E-state index contributed by atoms with van der Waals surface area (Å²) in [5, 5.41) is 3.00. The first-order valence-electron chi connectivity index (χ1n) is 9.71. The van der Waals surface area contributed by atoms with Crippen molar-refractivity contribution in [3.8, 4) is 0 Å². The summed E-state index contributed by atoms with van der Waals surface area (Å²) in [5.41, 5.74) is 4.56. The molecule has 0 bridgehead atoms. The molecule has 1 N–H and O–H groups in total. The zero-order valence-electron chi connectivity index (χ0n) is 16.7.